The van der Waals surface area contributed by atoms with Crippen LogP contribution in [0.2, 0.25) is 0 Å². The maximum absolute atomic E-state index is 11.8. The third-order valence-corrected chi connectivity index (χ3v) is 3.44. The second-order valence-corrected chi connectivity index (χ2v) is 6.21. The van der Waals surface area contributed by atoms with Crippen LogP contribution < -0.4 is 0 Å². The Morgan fingerprint density at radius 1 is 1.17 bits per heavy atom. The molecular formula is C14H28NO3+. The summed E-state index contributed by atoms with van der Waals surface area (Å²) in [5, 5.41) is 0. The summed E-state index contributed by atoms with van der Waals surface area (Å²) in [7, 11) is 4.09. The van der Waals surface area contributed by atoms with Gasteiger partial charge in [-0.25, -0.2) is 0 Å². The number of carbonyl (C=O) groups is 2. The molecule has 18 heavy (non-hydrogen) atoms. The van der Waals surface area contributed by atoms with Crippen molar-refractivity contribution in [2.45, 2.75) is 40.5 Å². The summed E-state index contributed by atoms with van der Waals surface area (Å²) in [4.78, 5) is 22.7. The minimum Gasteiger partial charge on any atom is -0.459 e. The van der Waals surface area contributed by atoms with Crippen molar-refractivity contribution >= 4 is 11.8 Å². The quantitative estimate of drug-likeness (QED) is 0.494. The first kappa shape index (κ1) is 17.1. The number of ether oxygens (including phenoxy) is 1. The van der Waals surface area contributed by atoms with E-state index in [1.807, 2.05) is 34.9 Å². The number of hydrogen-bond donors (Lipinski definition) is 0. The van der Waals surface area contributed by atoms with Gasteiger partial charge in [0.05, 0.1) is 32.5 Å². The second-order valence-electron chi connectivity index (χ2n) is 6.21. The second kappa shape index (κ2) is 6.88. The minimum atomic E-state index is -0.406. The minimum absolute atomic E-state index is 0.142. The molecule has 0 bridgehead atoms. The summed E-state index contributed by atoms with van der Waals surface area (Å²) in [5.74, 6) is 0.0573. The van der Waals surface area contributed by atoms with Crippen molar-refractivity contribution in [1.82, 2.24) is 0 Å². The Kier molecular flexibility index (Phi) is 6.54. The lowest BCUT2D eigenvalue weighted by Gasteiger charge is -2.30. The molecule has 0 aliphatic rings. The number of likely N-dealkylation sites (N-methyl/N-ethyl adjacent to an activating group) is 1. The lowest BCUT2D eigenvalue weighted by Crippen LogP contribution is -2.44. The molecular weight excluding hydrogens is 230 g/mol. The highest BCUT2D eigenvalue weighted by atomic mass is 16.5. The molecule has 0 spiro atoms. The van der Waals surface area contributed by atoms with Gasteiger partial charge in [-0.05, 0) is 27.2 Å². The average Bonchev–Trinajstić information content (AvgIpc) is 2.26. The number of ketones is 1. The highest BCUT2D eigenvalue weighted by molar-refractivity contribution is 5.76. The van der Waals surface area contributed by atoms with Crippen molar-refractivity contribution < 1.29 is 18.8 Å². The highest BCUT2D eigenvalue weighted by Crippen LogP contribution is 2.21. The smallest absolute Gasteiger partial charge is 0.311 e. The van der Waals surface area contributed by atoms with E-state index in [1.165, 1.54) is 0 Å². The predicted molar refractivity (Wildman–Crippen MR) is 72.2 cm³/mol. The van der Waals surface area contributed by atoms with E-state index in [0.717, 1.165) is 19.5 Å². The molecule has 0 amide bonds. The Balaban J connectivity index is 4.03. The fourth-order valence-corrected chi connectivity index (χ4v) is 1.30. The SMILES string of the molecule is CCC(C)(C)C(=O)OCC[N+](C)(C)CCC(C)=O. The summed E-state index contributed by atoms with van der Waals surface area (Å²) in [6.07, 6.45) is 1.34. The van der Waals surface area contributed by atoms with Gasteiger partial charge in [-0.2, -0.15) is 0 Å². The highest BCUT2D eigenvalue weighted by Gasteiger charge is 2.27. The van der Waals surface area contributed by atoms with Crippen molar-refractivity contribution in [1.29, 1.82) is 0 Å². The Bertz CT molecular complexity index is 295. The van der Waals surface area contributed by atoms with Gasteiger partial charge in [0, 0.05) is 0 Å². The maximum atomic E-state index is 11.8. The maximum Gasteiger partial charge on any atom is 0.311 e. The van der Waals surface area contributed by atoms with Crippen molar-refractivity contribution in [3.8, 4) is 0 Å². The van der Waals surface area contributed by atoms with Crippen LogP contribution >= 0.6 is 0 Å². The van der Waals surface area contributed by atoms with E-state index in [9.17, 15) is 9.59 Å². The number of Topliss-reactive ketones (excluding diaryl/α,β-unsaturated/α-hetero) is 1. The Morgan fingerprint density at radius 2 is 1.72 bits per heavy atom. The zero-order valence-electron chi connectivity index (χ0n) is 12.7. The molecule has 4 heteroatoms. The van der Waals surface area contributed by atoms with Gasteiger partial charge < -0.3 is 9.22 Å². The lowest BCUT2D eigenvalue weighted by molar-refractivity contribution is -0.889. The molecule has 0 aliphatic carbocycles. The topological polar surface area (TPSA) is 43.4 Å². The molecule has 4 nitrogen and oxygen atoms in total. The first-order chi connectivity index (χ1) is 8.10. The molecule has 0 atom stereocenters. The third-order valence-electron chi connectivity index (χ3n) is 3.44. The van der Waals surface area contributed by atoms with Gasteiger partial charge >= 0.3 is 5.97 Å². The van der Waals surface area contributed by atoms with E-state index in [2.05, 4.69) is 0 Å². The molecule has 0 saturated heterocycles. The number of rotatable bonds is 8. The first-order valence-corrected chi connectivity index (χ1v) is 6.59. The van der Waals surface area contributed by atoms with Gasteiger partial charge in [-0.3, -0.25) is 9.59 Å². The van der Waals surface area contributed by atoms with Gasteiger partial charge in [0.25, 0.3) is 0 Å². The summed E-state index contributed by atoms with van der Waals surface area (Å²) >= 11 is 0. The van der Waals surface area contributed by atoms with E-state index < -0.39 is 5.41 Å². The molecule has 0 fully saturated rings. The van der Waals surface area contributed by atoms with Crippen molar-refractivity contribution in [2.24, 2.45) is 5.41 Å². The van der Waals surface area contributed by atoms with Crippen molar-refractivity contribution in [3.63, 3.8) is 0 Å². The molecule has 0 rings (SSSR count). The van der Waals surface area contributed by atoms with Crippen LogP contribution in [-0.4, -0.2) is 50.0 Å². The molecule has 0 aromatic carbocycles. The van der Waals surface area contributed by atoms with Crippen LogP contribution in [0.5, 0.6) is 0 Å². The first-order valence-electron chi connectivity index (χ1n) is 6.59. The third kappa shape index (κ3) is 6.74. The summed E-state index contributed by atoms with van der Waals surface area (Å²) in [6, 6.07) is 0. The molecule has 0 aliphatic heterocycles. The number of carbonyl (C=O) groups excluding carboxylic acids is 2. The fraction of sp³-hybridized carbons (Fsp3) is 0.857. The number of hydrogen-bond acceptors (Lipinski definition) is 3. The summed E-state index contributed by atoms with van der Waals surface area (Å²) in [6.45, 7) is 9.30. The van der Waals surface area contributed by atoms with Crippen LogP contribution in [0.1, 0.15) is 40.5 Å². The van der Waals surface area contributed by atoms with Crippen LogP contribution in [0, 0.1) is 5.41 Å². The van der Waals surface area contributed by atoms with E-state index in [1.54, 1.807) is 6.92 Å². The van der Waals surface area contributed by atoms with E-state index in [-0.39, 0.29) is 11.8 Å². The standard InChI is InChI=1S/C14H28NO3/c1-7-14(3,4)13(17)18-11-10-15(5,6)9-8-12(2)16/h7-11H2,1-6H3/q+1. The van der Waals surface area contributed by atoms with Crippen LogP contribution in [-0.2, 0) is 14.3 Å². The largest absolute Gasteiger partial charge is 0.459 e. The molecule has 106 valence electrons. The van der Waals surface area contributed by atoms with Gasteiger partial charge in [0.2, 0.25) is 0 Å². The number of quaternary nitrogens is 1. The zero-order valence-corrected chi connectivity index (χ0v) is 12.7. The van der Waals surface area contributed by atoms with Gasteiger partial charge in [0.15, 0.2) is 0 Å². The van der Waals surface area contributed by atoms with Crippen LogP contribution in [0.4, 0.5) is 0 Å². The molecule has 0 unspecified atom stereocenters. The molecule has 0 heterocycles. The van der Waals surface area contributed by atoms with Gasteiger partial charge in [-0.1, -0.05) is 6.92 Å². The Hall–Kier alpha value is -0.900. The molecule has 0 saturated carbocycles. The number of nitrogens with zero attached hydrogens (tertiary/aromatic N) is 1. The van der Waals surface area contributed by atoms with Gasteiger partial charge in [-0.15, -0.1) is 0 Å². The normalized spacial score (nSPS) is 12.3. The fourth-order valence-electron chi connectivity index (χ4n) is 1.30. The Morgan fingerprint density at radius 3 is 2.17 bits per heavy atom. The van der Waals surface area contributed by atoms with Crippen molar-refractivity contribution in [3.05, 3.63) is 0 Å². The van der Waals surface area contributed by atoms with E-state index >= 15 is 0 Å². The number of esters is 1. The molecule has 0 radical (unpaired) electrons. The molecule has 0 aromatic heterocycles. The molecule has 0 N–H and O–H groups in total. The monoisotopic (exact) mass is 258 g/mol. The molecule has 0 aromatic rings. The van der Waals surface area contributed by atoms with Crippen LogP contribution in [0.25, 0.3) is 0 Å². The summed E-state index contributed by atoms with van der Waals surface area (Å²) < 4.78 is 5.99. The average molecular weight is 258 g/mol. The van der Waals surface area contributed by atoms with Gasteiger partial charge in [0.1, 0.15) is 18.9 Å². The lowest BCUT2D eigenvalue weighted by atomic mass is 9.91. The van der Waals surface area contributed by atoms with E-state index in [4.69, 9.17) is 4.74 Å². The van der Waals surface area contributed by atoms with Crippen molar-refractivity contribution in [2.75, 3.05) is 33.8 Å². The Labute approximate surface area is 111 Å². The van der Waals surface area contributed by atoms with Crippen LogP contribution in [0.15, 0.2) is 0 Å². The predicted octanol–water partition coefficient (Wildman–Crippen LogP) is 2.02. The zero-order chi connectivity index (χ0) is 14.4. The summed E-state index contributed by atoms with van der Waals surface area (Å²) in [5.41, 5.74) is -0.406. The van der Waals surface area contributed by atoms with Crippen LogP contribution in [0.3, 0.4) is 0 Å². The van der Waals surface area contributed by atoms with E-state index in [0.29, 0.717) is 17.5 Å².